The van der Waals surface area contributed by atoms with Crippen LogP contribution in [0, 0.1) is 11.6 Å². The number of rotatable bonds is 3. The Balaban J connectivity index is 2.64. The number of hydrogen-bond acceptors (Lipinski definition) is 3. The molecule has 0 saturated heterocycles. The van der Waals surface area contributed by atoms with E-state index in [4.69, 9.17) is 5.73 Å². The van der Waals surface area contributed by atoms with Crippen LogP contribution in [-0.4, -0.2) is 16.9 Å². The molecular weight excluding hydrogens is 297 g/mol. The summed E-state index contributed by atoms with van der Waals surface area (Å²) >= 11 is 0. The summed E-state index contributed by atoms with van der Waals surface area (Å²) in [7, 11) is 1.07. The van der Waals surface area contributed by atoms with Gasteiger partial charge >= 0.3 is 6.18 Å². The van der Waals surface area contributed by atoms with Crippen LogP contribution >= 0.6 is 0 Å². The molecule has 1 aromatic heterocycles. The fourth-order valence-electron chi connectivity index (χ4n) is 1.75. The zero-order valence-electron chi connectivity index (χ0n) is 10.7. The zero-order valence-corrected chi connectivity index (χ0v) is 10.7. The van der Waals surface area contributed by atoms with Gasteiger partial charge in [-0.15, -0.1) is 0 Å². The van der Waals surface area contributed by atoms with E-state index in [9.17, 15) is 22.0 Å². The first-order valence-corrected chi connectivity index (χ1v) is 5.67. The molecule has 2 rings (SSSR count). The third-order valence-electron chi connectivity index (χ3n) is 2.70. The molecular formula is C12H10F5N3O. The maximum absolute atomic E-state index is 13.9. The summed E-state index contributed by atoms with van der Waals surface area (Å²) in [5.41, 5.74) is 3.34. The normalized spacial score (nSPS) is 11.8. The van der Waals surface area contributed by atoms with Crippen LogP contribution in [0.1, 0.15) is 11.3 Å². The van der Waals surface area contributed by atoms with Crippen molar-refractivity contribution >= 4 is 0 Å². The van der Waals surface area contributed by atoms with Gasteiger partial charge in [0, 0.05) is 12.6 Å². The lowest BCUT2D eigenvalue weighted by Gasteiger charge is -2.10. The zero-order chi connectivity index (χ0) is 15.8. The fraction of sp³-hybridized carbons (Fsp3) is 0.250. The van der Waals surface area contributed by atoms with Crippen molar-refractivity contribution in [1.29, 1.82) is 0 Å². The highest BCUT2D eigenvalue weighted by molar-refractivity contribution is 5.41. The van der Waals surface area contributed by atoms with Gasteiger partial charge in [-0.3, -0.25) is 0 Å². The van der Waals surface area contributed by atoms with E-state index in [2.05, 4.69) is 9.84 Å². The Morgan fingerprint density at radius 3 is 2.19 bits per heavy atom. The highest BCUT2D eigenvalue weighted by atomic mass is 19.4. The summed E-state index contributed by atoms with van der Waals surface area (Å²) in [6, 6.07) is 2.40. The molecule has 0 saturated carbocycles. The molecule has 1 heterocycles. The molecule has 0 unspecified atom stereocenters. The second kappa shape index (κ2) is 5.32. The van der Waals surface area contributed by atoms with Gasteiger partial charge in [0.05, 0.1) is 7.11 Å². The van der Waals surface area contributed by atoms with E-state index in [1.807, 2.05) is 0 Å². The molecule has 0 aliphatic carbocycles. The molecule has 0 aliphatic rings. The van der Waals surface area contributed by atoms with Crippen molar-refractivity contribution in [1.82, 2.24) is 9.78 Å². The summed E-state index contributed by atoms with van der Waals surface area (Å²) in [6.45, 7) is -0.113. The second-order valence-electron chi connectivity index (χ2n) is 4.09. The molecule has 4 nitrogen and oxygen atoms in total. The predicted molar refractivity (Wildman–Crippen MR) is 62.9 cm³/mol. The van der Waals surface area contributed by atoms with E-state index in [-0.39, 0.29) is 12.1 Å². The van der Waals surface area contributed by atoms with Crippen molar-refractivity contribution in [3.8, 4) is 11.6 Å². The smallest absolute Gasteiger partial charge is 0.435 e. The third kappa shape index (κ3) is 2.82. The minimum Gasteiger partial charge on any atom is -0.481 e. The summed E-state index contributed by atoms with van der Waals surface area (Å²) in [6.07, 6.45) is -4.76. The predicted octanol–water partition coefficient (Wildman–Crippen LogP) is 2.64. The van der Waals surface area contributed by atoms with Crippen molar-refractivity contribution < 1.29 is 26.7 Å². The van der Waals surface area contributed by atoms with E-state index in [1.54, 1.807) is 0 Å². The van der Waals surface area contributed by atoms with E-state index in [0.29, 0.717) is 10.7 Å². The monoisotopic (exact) mass is 307 g/mol. The number of ether oxygens (including phenoxy) is 1. The van der Waals surface area contributed by atoms with Gasteiger partial charge in [-0.1, -0.05) is 0 Å². The Labute approximate surface area is 115 Å². The highest BCUT2D eigenvalue weighted by Crippen LogP contribution is 2.33. The highest BCUT2D eigenvalue weighted by Gasteiger charge is 2.36. The SMILES string of the molecule is COc1cc(C(F)(F)F)nn1-c1c(F)cc(CN)cc1F. The number of nitrogens with two attached hydrogens (primary N) is 1. The average molecular weight is 307 g/mol. The van der Waals surface area contributed by atoms with Gasteiger partial charge in [-0.2, -0.15) is 23.0 Å². The Morgan fingerprint density at radius 1 is 1.19 bits per heavy atom. The number of alkyl halides is 3. The molecule has 0 atom stereocenters. The van der Waals surface area contributed by atoms with Crippen LogP contribution in [0.5, 0.6) is 5.88 Å². The van der Waals surface area contributed by atoms with Crippen LogP contribution in [0.4, 0.5) is 22.0 Å². The van der Waals surface area contributed by atoms with Crippen LogP contribution in [0.15, 0.2) is 18.2 Å². The maximum Gasteiger partial charge on any atom is 0.435 e. The van der Waals surface area contributed by atoms with Crippen molar-refractivity contribution in [2.75, 3.05) is 7.11 Å². The molecule has 0 spiro atoms. The number of methoxy groups -OCH3 is 1. The topological polar surface area (TPSA) is 53.1 Å². The number of aromatic nitrogens is 2. The second-order valence-corrected chi connectivity index (χ2v) is 4.09. The number of hydrogen-bond donors (Lipinski definition) is 1. The van der Waals surface area contributed by atoms with Gasteiger partial charge < -0.3 is 10.5 Å². The summed E-state index contributed by atoms with van der Waals surface area (Å²) in [5, 5.41) is 3.16. The molecule has 114 valence electrons. The fourth-order valence-corrected chi connectivity index (χ4v) is 1.75. The molecule has 21 heavy (non-hydrogen) atoms. The van der Waals surface area contributed by atoms with Crippen LogP contribution in [-0.2, 0) is 12.7 Å². The van der Waals surface area contributed by atoms with E-state index >= 15 is 0 Å². The standard InChI is InChI=1S/C12H10F5N3O/c1-21-10-4-9(12(15,16)17)19-20(10)11-7(13)2-6(5-18)3-8(11)14/h2-4H,5,18H2,1H3. The quantitative estimate of drug-likeness (QED) is 0.887. The first-order chi connectivity index (χ1) is 9.77. The Bertz CT molecular complexity index is 642. The number of benzene rings is 1. The maximum atomic E-state index is 13.9. The van der Waals surface area contributed by atoms with Crippen LogP contribution in [0.2, 0.25) is 0 Å². The molecule has 0 amide bonds. The minimum absolute atomic E-state index is 0.113. The van der Waals surface area contributed by atoms with Gasteiger partial charge in [-0.05, 0) is 17.7 Å². The average Bonchev–Trinajstić information content (AvgIpc) is 2.81. The van der Waals surface area contributed by atoms with Crippen molar-refractivity contribution in [3.05, 3.63) is 41.1 Å². The Kier molecular flexibility index (Phi) is 3.86. The van der Waals surface area contributed by atoms with Gasteiger partial charge in [0.2, 0.25) is 5.88 Å². The molecule has 9 heteroatoms. The molecule has 2 aromatic rings. The molecule has 0 radical (unpaired) electrons. The summed E-state index contributed by atoms with van der Waals surface area (Å²) in [4.78, 5) is 0. The van der Waals surface area contributed by atoms with Crippen LogP contribution in [0.25, 0.3) is 5.69 Å². The lowest BCUT2D eigenvalue weighted by Crippen LogP contribution is -2.10. The lowest BCUT2D eigenvalue weighted by molar-refractivity contribution is -0.141. The van der Waals surface area contributed by atoms with E-state index in [1.165, 1.54) is 0 Å². The van der Waals surface area contributed by atoms with Gasteiger partial charge in [0.15, 0.2) is 17.3 Å². The van der Waals surface area contributed by atoms with Crippen LogP contribution in [0.3, 0.4) is 0 Å². The summed E-state index contributed by atoms with van der Waals surface area (Å²) < 4.78 is 70.8. The Morgan fingerprint density at radius 2 is 1.76 bits per heavy atom. The molecule has 0 bridgehead atoms. The molecule has 0 aliphatic heterocycles. The van der Waals surface area contributed by atoms with Gasteiger partial charge in [-0.25, -0.2) is 8.78 Å². The third-order valence-corrected chi connectivity index (χ3v) is 2.70. The number of nitrogens with zero attached hydrogens (tertiary/aromatic N) is 2. The molecule has 1 aromatic carbocycles. The van der Waals surface area contributed by atoms with Crippen LogP contribution < -0.4 is 10.5 Å². The van der Waals surface area contributed by atoms with Gasteiger partial charge in [0.1, 0.15) is 5.69 Å². The van der Waals surface area contributed by atoms with Gasteiger partial charge in [0.25, 0.3) is 0 Å². The van der Waals surface area contributed by atoms with Crippen molar-refractivity contribution in [2.24, 2.45) is 5.73 Å². The Hall–Kier alpha value is -2.16. The first-order valence-electron chi connectivity index (χ1n) is 5.67. The number of halogens is 5. The van der Waals surface area contributed by atoms with E-state index in [0.717, 1.165) is 19.2 Å². The van der Waals surface area contributed by atoms with Crippen molar-refractivity contribution in [2.45, 2.75) is 12.7 Å². The summed E-state index contributed by atoms with van der Waals surface area (Å²) in [5.74, 6) is -2.63. The van der Waals surface area contributed by atoms with E-state index < -0.39 is 35.1 Å². The van der Waals surface area contributed by atoms with Crippen molar-refractivity contribution in [3.63, 3.8) is 0 Å². The molecule has 2 N–H and O–H groups in total. The lowest BCUT2D eigenvalue weighted by atomic mass is 10.2. The minimum atomic E-state index is -4.76. The molecule has 0 fully saturated rings. The first kappa shape index (κ1) is 15.2. The largest absolute Gasteiger partial charge is 0.481 e.